The number of hydrogen-bond acceptors (Lipinski definition) is 2. The Balaban J connectivity index is 0.887. The van der Waals surface area contributed by atoms with E-state index in [1.54, 1.807) is 11.1 Å². The fourth-order valence-corrected chi connectivity index (χ4v) is 11.0. The van der Waals surface area contributed by atoms with Crippen LogP contribution in [0.2, 0.25) is 0 Å². The van der Waals surface area contributed by atoms with E-state index in [0.717, 1.165) is 18.7 Å². The number of anilines is 5. The van der Waals surface area contributed by atoms with Gasteiger partial charge in [-0.15, -0.1) is 0 Å². The molecule has 1 fully saturated rings. The summed E-state index contributed by atoms with van der Waals surface area (Å²) in [7, 11) is 0. The summed E-state index contributed by atoms with van der Waals surface area (Å²) in [5.41, 5.74) is 23.0. The molecule has 0 aromatic heterocycles. The number of unbranched alkanes of at least 4 members (excludes halogenated alkanes) is 2. The Morgan fingerprint density at radius 2 is 1.20 bits per heavy atom. The van der Waals surface area contributed by atoms with Gasteiger partial charge in [0.15, 0.2) is 0 Å². The van der Waals surface area contributed by atoms with E-state index in [-0.39, 0.29) is 5.41 Å². The molecule has 61 heavy (non-hydrogen) atoms. The summed E-state index contributed by atoms with van der Waals surface area (Å²) in [4.78, 5) is 4.97. The van der Waals surface area contributed by atoms with E-state index in [0.29, 0.717) is 0 Å². The number of aryl methyl sites for hydroxylation is 2. The van der Waals surface area contributed by atoms with Gasteiger partial charge in [-0.2, -0.15) is 0 Å². The van der Waals surface area contributed by atoms with Gasteiger partial charge in [-0.25, -0.2) is 0 Å². The Morgan fingerprint density at radius 1 is 0.557 bits per heavy atom. The monoisotopic (exact) mass is 790 g/mol. The predicted octanol–water partition coefficient (Wildman–Crippen LogP) is 16.1. The van der Waals surface area contributed by atoms with Gasteiger partial charge in [0.2, 0.25) is 0 Å². The van der Waals surface area contributed by atoms with Crippen LogP contribution in [-0.2, 0) is 18.3 Å². The summed E-state index contributed by atoms with van der Waals surface area (Å²) in [5, 5.41) is 0. The highest BCUT2D eigenvalue weighted by Crippen LogP contribution is 2.58. The first-order valence-electron chi connectivity index (χ1n) is 22.9. The quantitative estimate of drug-likeness (QED) is 0.106. The van der Waals surface area contributed by atoms with Crippen LogP contribution in [0.25, 0.3) is 46.6 Å². The summed E-state index contributed by atoms with van der Waals surface area (Å²) in [6.07, 6.45) is 21.5. The fourth-order valence-electron chi connectivity index (χ4n) is 11.0. The molecule has 0 radical (unpaired) electrons. The second kappa shape index (κ2) is 15.9. The minimum absolute atomic E-state index is 0.106. The van der Waals surface area contributed by atoms with Crippen molar-refractivity contribution in [2.45, 2.75) is 76.5 Å². The van der Waals surface area contributed by atoms with Crippen molar-refractivity contribution in [3.05, 3.63) is 196 Å². The van der Waals surface area contributed by atoms with Crippen molar-refractivity contribution in [2.24, 2.45) is 0 Å². The van der Waals surface area contributed by atoms with E-state index in [1.165, 1.54) is 136 Å². The minimum atomic E-state index is 0.106. The van der Waals surface area contributed by atoms with Crippen LogP contribution in [0.1, 0.15) is 103 Å². The summed E-state index contributed by atoms with van der Waals surface area (Å²) >= 11 is 0. The van der Waals surface area contributed by atoms with Gasteiger partial charge < -0.3 is 9.80 Å². The van der Waals surface area contributed by atoms with Gasteiger partial charge >= 0.3 is 0 Å². The van der Waals surface area contributed by atoms with E-state index >= 15 is 0 Å². The smallest absolute Gasteiger partial charge is 0.0534 e. The lowest BCUT2D eigenvalue weighted by atomic mass is 9.76. The average Bonchev–Trinajstić information content (AvgIpc) is 3.86. The zero-order valence-electron chi connectivity index (χ0n) is 35.4. The third-order valence-electron chi connectivity index (χ3n) is 14.2. The summed E-state index contributed by atoms with van der Waals surface area (Å²) in [5.74, 6) is 0. The normalized spacial score (nSPS) is 15.7. The van der Waals surface area contributed by atoms with Crippen molar-refractivity contribution >= 4 is 52.7 Å². The zero-order chi connectivity index (χ0) is 40.8. The Kier molecular flexibility index (Phi) is 9.80. The molecule has 2 heteroatoms. The Morgan fingerprint density at radius 3 is 1.92 bits per heavy atom. The highest BCUT2D eigenvalue weighted by atomic mass is 15.2. The number of nitrogens with zero attached hydrogens (tertiary/aromatic N) is 2. The summed E-state index contributed by atoms with van der Waals surface area (Å²) in [6, 6.07) is 57.2. The number of rotatable bonds is 9. The zero-order valence-corrected chi connectivity index (χ0v) is 35.4. The predicted molar refractivity (Wildman–Crippen MR) is 261 cm³/mol. The van der Waals surface area contributed by atoms with Crippen molar-refractivity contribution in [1.82, 2.24) is 0 Å². The third kappa shape index (κ3) is 6.74. The molecule has 1 spiro atoms. The summed E-state index contributed by atoms with van der Waals surface area (Å²) in [6.45, 7) is 3.40. The average molecular weight is 791 g/mol. The number of hydrogen-bond donors (Lipinski definition) is 0. The lowest BCUT2D eigenvalue weighted by Gasteiger charge is -2.33. The Labute approximate surface area is 362 Å². The van der Waals surface area contributed by atoms with E-state index in [4.69, 9.17) is 0 Å². The van der Waals surface area contributed by atoms with Crippen molar-refractivity contribution < 1.29 is 0 Å². The van der Waals surface area contributed by atoms with Gasteiger partial charge in [0.25, 0.3) is 0 Å². The van der Waals surface area contributed by atoms with Crippen LogP contribution in [0.4, 0.5) is 28.4 Å². The standard InChI is InChI=1S/C59H54N2/c1-2-3-4-17-48-39-53-52-35-34-51(60-38-13-18-45-14-5-8-19-56(45)60)41-55(52)59(36-11-12-37-59)54(53)40-49(48)27-24-42-22-25-43(26-23-42)44-30-32-50(33-31-44)61-57-20-9-6-15-46(57)28-29-47-16-7-10-21-58(47)61/h5-10,14-16,19-35,39-41H,2-4,11-13,17-18,36-38H2,1H3. The first-order valence-corrected chi connectivity index (χ1v) is 22.9. The van der Waals surface area contributed by atoms with Gasteiger partial charge in [0, 0.05) is 29.0 Å². The van der Waals surface area contributed by atoms with Gasteiger partial charge in [-0.05, 0) is 154 Å². The molecule has 0 N–H and O–H groups in total. The fraction of sp³-hybridized carbons (Fsp3) is 0.220. The van der Waals surface area contributed by atoms with Crippen molar-refractivity contribution in [1.29, 1.82) is 0 Å². The van der Waals surface area contributed by atoms with Crippen LogP contribution in [0.5, 0.6) is 0 Å². The molecule has 2 nitrogen and oxygen atoms in total. The molecule has 7 aromatic carbocycles. The van der Waals surface area contributed by atoms with Gasteiger partial charge in [0.05, 0.1) is 11.4 Å². The molecule has 11 rings (SSSR count). The molecular weight excluding hydrogens is 737 g/mol. The van der Waals surface area contributed by atoms with Crippen LogP contribution in [0.15, 0.2) is 152 Å². The lowest BCUT2D eigenvalue weighted by molar-refractivity contribution is 0.549. The molecule has 0 bridgehead atoms. The van der Waals surface area contributed by atoms with E-state index in [1.807, 2.05) is 0 Å². The first-order chi connectivity index (χ1) is 30.2. The molecule has 4 aliphatic rings. The highest BCUT2D eigenvalue weighted by molar-refractivity contribution is 5.93. The van der Waals surface area contributed by atoms with E-state index in [2.05, 4.69) is 193 Å². The molecule has 1 saturated carbocycles. The van der Waals surface area contributed by atoms with E-state index < -0.39 is 0 Å². The molecule has 0 saturated heterocycles. The molecule has 2 aliphatic heterocycles. The van der Waals surface area contributed by atoms with Gasteiger partial charge in [-0.1, -0.05) is 160 Å². The molecular formula is C59H54N2. The van der Waals surface area contributed by atoms with Crippen molar-refractivity contribution in [3.63, 3.8) is 0 Å². The molecule has 300 valence electrons. The molecule has 7 aromatic rings. The number of benzene rings is 7. The lowest BCUT2D eigenvalue weighted by Crippen LogP contribution is -2.25. The topological polar surface area (TPSA) is 6.48 Å². The second-order valence-electron chi connectivity index (χ2n) is 17.7. The maximum atomic E-state index is 2.61. The van der Waals surface area contributed by atoms with Crippen molar-refractivity contribution in [2.75, 3.05) is 16.3 Å². The van der Waals surface area contributed by atoms with Crippen LogP contribution in [0.3, 0.4) is 0 Å². The number of para-hydroxylation sites is 3. The molecule has 0 atom stereocenters. The van der Waals surface area contributed by atoms with Gasteiger partial charge in [0.1, 0.15) is 0 Å². The maximum absolute atomic E-state index is 2.61. The van der Waals surface area contributed by atoms with Crippen LogP contribution >= 0.6 is 0 Å². The van der Waals surface area contributed by atoms with Crippen molar-refractivity contribution in [3.8, 4) is 22.3 Å². The summed E-state index contributed by atoms with van der Waals surface area (Å²) < 4.78 is 0. The number of fused-ring (bicyclic) bond motifs is 8. The first kappa shape index (κ1) is 37.6. The largest absolute Gasteiger partial charge is 0.341 e. The molecule has 0 amide bonds. The van der Waals surface area contributed by atoms with Crippen LogP contribution in [-0.4, -0.2) is 6.54 Å². The molecule has 0 unspecified atom stereocenters. The van der Waals surface area contributed by atoms with Gasteiger partial charge in [-0.3, -0.25) is 0 Å². The van der Waals surface area contributed by atoms with E-state index in [9.17, 15) is 0 Å². The second-order valence-corrected chi connectivity index (χ2v) is 17.7. The van der Waals surface area contributed by atoms with Crippen LogP contribution in [0, 0.1) is 0 Å². The highest BCUT2D eigenvalue weighted by Gasteiger charge is 2.45. The van der Waals surface area contributed by atoms with Crippen LogP contribution < -0.4 is 9.80 Å². The Bertz CT molecular complexity index is 2750. The molecule has 2 heterocycles. The maximum Gasteiger partial charge on any atom is 0.0534 e. The molecule has 2 aliphatic carbocycles. The minimum Gasteiger partial charge on any atom is -0.341 e. The SMILES string of the molecule is CCCCCc1cc2c(cc1C=Cc1ccc(-c3ccc(N4c5ccccc5C=Cc5ccccc54)cc3)cc1)C1(CCCC1)c1cc(N3CCCc4ccccc43)ccc1-2. The Hall–Kier alpha value is -6.38. The third-order valence-corrected chi connectivity index (χ3v) is 14.2.